The Labute approximate surface area is 111 Å². The van der Waals surface area contributed by atoms with Crippen LogP contribution >= 0.6 is 15.9 Å². The zero-order chi connectivity index (χ0) is 12.6. The Morgan fingerprint density at radius 1 is 1.24 bits per heavy atom. The summed E-state index contributed by atoms with van der Waals surface area (Å²) in [5.41, 5.74) is 6.07. The Kier molecular flexibility index (Phi) is 3.38. The van der Waals surface area contributed by atoms with Crippen molar-refractivity contribution in [1.29, 1.82) is 0 Å². The fraction of sp³-hybridized carbons (Fsp3) is 0.357. The molecule has 0 amide bonds. The van der Waals surface area contributed by atoms with E-state index in [0.717, 1.165) is 16.6 Å². The van der Waals surface area contributed by atoms with Gasteiger partial charge in [0.15, 0.2) is 0 Å². The lowest BCUT2D eigenvalue weighted by Crippen LogP contribution is -1.96. The molecule has 17 heavy (non-hydrogen) atoms. The van der Waals surface area contributed by atoms with Crippen LogP contribution in [-0.4, -0.2) is 9.78 Å². The van der Waals surface area contributed by atoms with Gasteiger partial charge in [0.25, 0.3) is 0 Å². The molecule has 0 aliphatic carbocycles. The molecule has 0 spiro atoms. The number of aryl methyl sites for hydroxylation is 3. The van der Waals surface area contributed by atoms with Crippen molar-refractivity contribution in [2.75, 3.05) is 0 Å². The molecule has 3 heteroatoms. The first kappa shape index (κ1) is 12.4. The molecule has 0 aliphatic rings. The van der Waals surface area contributed by atoms with Crippen LogP contribution in [0.5, 0.6) is 0 Å². The van der Waals surface area contributed by atoms with Crippen molar-refractivity contribution in [2.24, 2.45) is 7.05 Å². The van der Waals surface area contributed by atoms with Gasteiger partial charge in [-0.1, -0.05) is 19.1 Å². The highest BCUT2D eigenvalue weighted by Gasteiger charge is 2.14. The number of aromatic nitrogens is 2. The van der Waals surface area contributed by atoms with Crippen LogP contribution in [0.3, 0.4) is 0 Å². The van der Waals surface area contributed by atoms with E-state index < -0.39 is 0 Å². The van der Waals surface area contributed by atoms with Gasteiger partial charge in [0.1, 0.15) is 5.69 Å². The zero-order valence-corrected chi connectivity index (χ0v) is 12.3. The van der Waals surface area contributed by atoms with Crippen LogP contribution in [-0.2, 0) is 13.5 Å². The van der Waals surface area contributed by atoms with Crippen LogP contribution in [0.4, 0.5) is 0 Å². The lowest BCUT2D eigenvalue weighted by molar-refractivity contribution is 0.719. The van der Waals surface area contributed by atoms with Crippen LogP contribution in [0.25, 0.3) is 11.3 Å². The first-order valence-corrected chi connectivity index (χ1v) is 6.63. The summed E-state index contributed by atoms with van der Waals surface area (Å²) < 4.78 is 3.07. The van der Waals surface area contributed by atoms with E-state index in [1.165, 1.54) is 22.4 Å². The predicted molar refractivity (Wildman–Crippen MR) is 75.2 cm³/mol. The van der Waals surface area contributed by atoms with E-state index in [4.69, 9.17) is 0 Å². The Bertz CT molecular complexity index is 556. The van der Waals surface area contributed by atoms with E-state index in [1.54, 1.807) is 0 Å². The second-order valence-corrected chi connectivity index (χ2v) is 5.18. The average Bonchev–Trinajstić information content (AvgIpc) is 2.58. The number of rotatable bonds is 2. The summed E-state index contributed by atoms with van der Waals surface area (Å²) in [7, 11) is 1.99. The maximum absolute atomic E-state index is 4.59. The van der Waals surface area contributed by atoms with Gasteiger partial charge < -0.3 is 0 Å². The fourth-order valence-corrected chi connectivity index (χ4v) is 2.84. The molecule has 90 valence electrons. The molecule has 0 radical (unpaired) electrons. The Morgan fingerprint density at radius 3 is 2.47 bits per heavy atom. The van der Waals surface area contributed by atoms with Crippen molar-refractivity contribution in [3.05, 3.63) is 39.5 Å². The van der Waals surface area contributed by atoms with Gasteiger partial charge in [0, 0.05) is 12.6 Å². The second kappa shape index (κ2) is 4.65. The van der Waals surface area contributed by atoms with Gasteiger partial charge in [-0.15, -0.1) is 0 Å². The van der Waals surface area contributed by atoms with E-state index in [9.17, 15) is 0 Å². The highest BCUT2D eigenvalue weighted by Crippen LogP contribution is 2.31. The van der Waals surface area contributed by atoms with E-state index in [-0.39, 0.29) is 0 Å². The summed E-state index contributed by atoms with van der Waals surface area (Å²) in [6, 6.07) is 6.48. The van der Waals surface area contributed by atoms with Gasteiger partial charge >= 0.3 is 0 Å². The summed E-state index contributed by atoms with van der Waals surface area (Å²) >= 11 is 3.66. The first-order valence-electron chi connectivity index (χ1n) is 5.83. The van der Waals surface area contributed by atoms with Gasteiger partial charge in [0.2, 0.25) is 0 Å². The zero-order valence-electron chi connectivity index (χ0n) is 10.7. The van der Waals surface area contributed by atoms with E-state index in [1.807, 2.05) is 11.7 Å². The lowest BCUT2D eigenvalue weighted by Gasteiger charge is -2.03. The maximum Gasteiger partial charge on any atom is 0.107 e. The summed E-state index contributed by atoms with van der Waals surface area (Å²) in [6.07, 6.45) is 0.981. The van der Waals surface area contributed by atoms with Gasteiger partial charge in [0.05, 0.1) is 10.2 Å². The number of benzene rings is 1. The van der Waals surface area contributed by atoms with Crippen molar-refractivity contribution in [1.82, 2.24) is 9.78 Å². The average molecular weight is 293 g/mol. The molecular formula is C14H17BrN2. The second-order valence-electron chi connectivity index (χ2n) is 4.39. The van der Waals surface area contributed by atoms with Gasteiger partial charge in [-0.2, -0.15) is 5.10 Å². The molecule has 0 N–H and O–H groups in total. The van der Waals surface area contributed by atoms with Crippen LogP contribution in [0, 0.1) is 13.8 Å². The summed E-state index contributed by atoms with van der Waals surface area (Å²) in [5.74, 6) is 0. The van der Waals surface area contributed by atoms with Gasteiger partial charge in [-0.25, -0.2) is 0 Å². The number of halogens is 1. The third-order valence-corrected chi connectivity index (χ3v) is 4.05. The molecule has 0 bridgehead atoms. The van der Waals surface area contributed by atoms with Crippen LogP contribution in [0.1, 0.15) is 23.7 Å². The molecule has 1 aromatic heterocycles. The Hall–Kier alpha value is -1.09. The topological polar surface area (TPSA) is 17.8 Å². The minimum absolute atomic E-state index is 0.981. The monoisotopic (exact) mass is 292 g/mol. The maximum atomic E-state index is 4.59. The normalized spacial score (nSPS) is 10.9. The van der Waals surface area contributed by atoms with Crippen molar-refractivity contribution >= 4 is 15.9 Å². The molecule has 0 saturated heterocycles. The third-order valence-electron chi connectivity index (χ3n) is 3.22. The summed E-state index contributed by atoms with van der Waals surface area (Å²) in [4.78, 5) is 0. The SMILES string of the molecule is CCc1c(Br)c(-c2ccc(C)c(C)c2)nn1C. The molecule has 0 saturated carbocycles. The van der Waals surface area contributed by atoms with E-state index >= 15 is 0 Å². The number of hydrogen-bond acceptors (Lipinski definition) is 1. The number of hydrogen-bond donors (Lipinski definition) is 0. The molecule has 2 aromatic rings. The minimum atomic E-state index is 0.981. The van der Waals surface area contributed by atoms with Gasteiger partial charge in [-0.05, 0) is 53.4 Å². The molecule has 0 aliphatic heterocycles. The standard InChI is InChI=1S/C14H17BrN2/c1-5-12-13(15)14(16-17(12)4)11-7-6-9(2)10(3)8-11/h6-8H,5H2,1-4H3. The smallest absolute Gasteiger partial charge is 0.107 e. The van der Waals surface area contributed by atoms with Crippen molar-refractivity contribution in [3.63, 3.8) is 0 Å². The Balaban J connectivity index is 2.57. The van der Waals surface area contributed by atoms with Crippen molar-refractivity contribution < 1.29 is 0 Å². The van der Waals surface area contributed by atoms with Crippen molar-refractivity contribution in [3.8, 4) is 11.3 Å². The fourth-order valence-electron chi connectivity index (χ4n) is 1.99. The molecule has 0 fully saturated rings. The summed E-state index contributed by atoms with van der Waals surface area (Å²) in [5, 5.41) is 4.59. The molecule has 2 nitrogen and oxygen atoms in total. The lowest BCUT2D eigenvalue weighted by atomic mass is 10.0. The highest BCUT2D eigenvalue weighted by molar-refractivity contribution is 9.10. The Morgan fingerprint density at radius 2 is 1.94 bits per heavy atom. The van der Waals surface area contributed by atoms with Crippen molar-refractivity contribution in [2.45, 2.75) is 27.2 Å². The van der Waals surface area contributed by atoms with Crippen LogP contribution < -0.4 is 0 Å². The van der Waals surface area contributed by atoms with E-state index in [0.29, 0.717) is 0 Å². The first-order chi connectivity index (χ1) is 8.04. The summed E-state index contributed by atoms with van der Waals surface area (Å²) in [6.45, 7) is 6.41. The highest BCUT2D eigenvalue weighted by atomic mass is 79.9. The largest absolute Gasteiger partial charge is 0.271 e. The van der Waals surface area contributed by atoms with Gasteiger partial charge in [-0.3, -0.25) is 4.68 Å². The molecule has 2 rings (SSSR count). The molecule has 1 heterocycles. The molecular weight excluding hydrogens is 276 g/mol. The van der Waals surface area contributed by atoms with Crippen LogP contribution in [0.2, 0.25) is 0 Å². The third kappa shape index (κ3) is 2.16. The number of nitrogens with zero attached hydrogens (tertiary/aromatic N) is 2. The van der Waals surface area contributed by atoms with Crippen LogP contribution in [0.15, 0.2) is 22.7 Å². The molecule has 0 unspecified atom stereocenters. The molecule has 1 aromatic carbocycles. The minimum Gasteiger partial charge on any atom is -0.271 e. The molecule has 0 atom stereocenters. The quantitative estimate of drug-likeness (QED) is 0.817. The van der Waals surface area contributed by atoms with E-state index in [2.05, 4.69) is 60.0 Å². The predicted octanol–water partition coefficient (Wildman–Crippen LogP) is 4.03.